The van der Waals surface area contributed by atoms with Gasteiger partial charge in [-0.15, -0.1) is 11.8 Å². The zero-order valence-electron chi connectivity index (χ0n) is 8.80. The fourth-order valence-corrected chi connectivity index (χ4v) is 2.77. The molecule has 4 heteroatoms. The molecule has 0 aliphatic rings. The van der Waals surface area contributed by atoms with E-state index in [4.69, 9.17) is 0 Å². The van der Waals surface area contributed by atoms with Crippen molar-refractivity contribution in [3.8, 4) is 0 Å². The molecule has 0 bridgehead atoms. The quantitative estimate of drug-likeness (QED) is 0.597. The molecule has 0 atom stereocenters. The fourth-order valence-electron chi connectivity index (χ4n) is 1.08. The third kappa shape index (κ3) is 3.61. The fraction of sp³-hybridized carbons (Fsp3) is 0.364. The second-order valence-corrected chi connectivity index (χ2v) is 6.83. The van der Waals surface area contributed by atoms with Gasteiger partial charge in [-0.25, -0.2) is 4.39 Å². The Morgan fingerprint density at radius 3 is 2.47 bits per heavy atom. The molecule has 1 rings (SSSR count). The van der Waals surface area contributed by atoms with Crippen LogP contribution in [0.3, 0.4) is 0 Å². The van der Waals surface area contributed by atoms with Gasteiger partial charge in [0, 0.05) is 19.7 Å². The highest BCUT2D eigenvalue weighted by Gasteiger charge is 2.18. The van der Waals surface area contributed by atoms with Gasteiger partial charge in [-0.2, -0.15) is 0 Å². The van der Waals surface area contributed by atoms with E-state index in [1.165, 1.54) is 12.1 Å². The molecule has 0 unspecified atom stereocenters. The molecule has 1 aromatic rings. The highest BCUT2D eigenvalue weighted by Crippen LogP contribution is 2.38. The van der Waals surface area contributed by atoms with E-state index in [-0.39, 0.29) is 4.75 Å². The van der Waals surface area contributed by atoms with Crippen molar-refractivity contribution in [2.45, 2.75) is 30.4 Å². The standard InChI is InChI=1S/C11H12BrFOS/c1-11(2,3)15-10-7(6-14)4-8(13)5-9(10)12/h4-6H,1-3H3. The van der Waals surface area contributed by atoms with Crippen LogP contribution in [0.2, 0.25) is 0 Å². The van der Waals surface area contributed by atoms with E-state index >= 15 is 0 Å². The van der Waals surface area contributed by atoms with Crippen molar-refractivity contribution in [3.63, 3.8) is 0 Å². The number of thioether (sulfide) groups is 1. The summed E-state index contributed by atoms with van der Waals surface area (Å²) < 4.78 is 13.6. The van der Waals surface area contributed by atoms with Crippen LogP contribution >= 0.6 is 27.7 Å². The molecule has 1 nitrogen and oxygen atoms in total. The van der Waals surface area contributed by atoms with Crippen molar-refractivity contribution in [1.29, 1.82) is 0 Å². The van der Waals surface area contributed by atoms with Gasteiger partial charge in [0.2, 0.25) is 0 Å². The van der Waals surface area contributed by atoms with Crippen LogP contribution < -0.4 is 0 Å². The lowest BCUT2D eigenvalue weighted by Crippen LogP contribution is -2.08. The van der Waals surface area contributed by atoms with Gasteiger partial charge in [0.25, 0.3) is 0 Å². The van der Waals surface area contributed by atoms with Crippen LogP contribution in [0.5, 0.6) is 0 Å². The van der Waals surface area contributed by atoms with Crippen LogP contribution in [0, 0.1) is 5.82 Å². The lowest BCUT2D eigenvalue weighted by molar-refractivity contribution is 0.112. The summed E-state index contributed by atoms with van der Waals surface area (Å²) in [5, 5.41) is 0. The first-order valence-corrected chi connectivity index (χ1v) is 6.07. The predicted molar refractivity (Wildman–Crippen MR) is 65.1 cm³/mol. The van der Waals surface area contributed by atoms with Crippen molar-refractivity contribution in [2.24, 2.45) is 0 Å². The second-order valence-electron chi connectivity index (χ2n) is 4.14. The third-order valence-corrected chi connectivity index (χ3v) is 3.73. The Labute approximate surface area is 102 Å². The molecule has 0 fully saturated rings. The van der Waals surface area contributed by atoms with Crippen LogP contribution in [-0.4, -0.2) is 11.0 Å². The minimum atomic E-state index is -0.401. The van der Waals surface area contributed by atoms with Crippen molar-refractivity contribution in [1.82, 2.24) is 0 Å². The molecule has 0 aliphatic heterocycles. The zero-order chi connectivity index (χ0) is 11.6. The van der Waals surface area contributed by atoms with E-state index in [1.807, 2.05) is 20.8 Å². The Bertz CT molecular complexity index is 385. The molecule has 0 aromatic heterocycles. The summed E-state index contributed by atoms with van der Waals surface area (Å²) in [6.45, 7) is 6.13. The van der Waals surface area contributed by atoms with Gasteiger partial charge in [0.1, 0.15) is 5.82 Å². The van der Waals surface area contributed by atoms with Gasteiger partial charge in [-0.1, -0.05) is 20.8 Å². The molecule has 0 amide bonds. The lowest BCUT2D eigenvalue weighted by atomic mass is 10.2. The Kier molecular flexibility index (Phi) is 3.95. The Morgan fingerprint density at radius 1 is 1.40 bits per heavy atom. The third-order valence-electron chi connectivity index (χ3n) is 1.57. The topological polar surface area (TPSA) is 17.1 Å². The van der Waals surface area contributed by atoms with Crippen molar-refractivity contribution < 1.29 is 9.18 Å². The second kappa shape index (κ2) is 4.66. The first-order chi connectivity index (χ1) is 6.83. The molecular weight excluding hydrogens is 279 g/mol. The lowest BCUT2D eigenvalue weighted by Gasteiger charge is -2.19. The SMILES string of the molecule is CC(C)(C)Sc1c(Br)cc(F)cc1C=O. The molecule has 15 heavy (non-hydrogen) atoms. The maximum absolute atomic E-state index is 13.0. The van der Waals surface area contributed by atoms with Crippen LogP contribution in [0.1, 0.15) is 31.1 Å². The Balaban J connectivity index is 3.21. The van der Waals surface area contributed by atoms with E-state index in [1.54, 1.807) is 11.8 Å². The number of hydrogen-bond acceptors (Lipinski definition) is 2. The monoisotopic (exact) mass is 290 g/mol. The number of rotatable bonds is 2. The maximum atomic E-state index is 13.0. The number of hydrogen-bond donors (Lipinski definition) is 0. The normalized spacial score (nSPS) is 11.5. The van der Waals surface area contributed by atoms with Crippen molar-refractivity contribution in [2.75, 3.05) is 0 Å². The summed E-state index contributed by atoms with van der Waals surface area (Å²) in [7, 11) is 0. The number of benzene rings is 1. The van der Waals surface area contributed by atoms with Gasteiger partial charge >= 0.3 is 0 Å². The summed E-state index contributed by atoms with van der Waals surface area (Å²) in [6.07, 6.45) is 0.682. The van der Waals surface area contributed by atoms with E-state index in [0.29, 0.717) is 16.3 Å². The minimum Gasteiger partial charge on any atom is -0.298 e. The maximum Gasteiger partial charge on any atom is 0.151 e. The van der Waals surface area contributed by atoms with Crippen molar-refractivity contribution in [3.05, 3.63) is 28.0 Å². The summed E-state index contributed by atoms with van der Waals surface area (Å²) in [4.78, 5) is 11.6. The highest BCUT2D eigenvalue weighted by atomic mass is 79.9. The first kappa shape index (κ1) is 12.7. The van der Waals surface area contributed by atoms with E-state index in [2.05, 4.69) is 15.9 Å². The first-order valence-electron chi connectivity index (χ1n) is 4.47. The van der Waals surface area contributed by atoms with E-state index in [0.717, 1.165) is 4.90 Å². The minimum absolute atomic E-state index is 0.0158. The van der Waals surface area contributed by atoms with Crippen LogP contribution in [0.15, 0.2) is 21.5 Å². The van der Waals surface area contributed by atoms with Crippen LogP contribution in [-0.2, 0) is 0 Å². The van der Waals surface area contributed by atoms with Gasteiger partial charge in [0.15, 0.2) is 6.29 Å². The van der Waals surface area contributed by atoms with E-state index < -0.39 is 5.82 Å². The average molecular weight is 291 g/mol. The number of aldehydes is 1. The highest BCUT2D eigenvalue weighted by molar-refractivity contribution is 9.10. The van der Waals surface area contributed by atoms with Gasteiger partial charge < -0.3 is 0 Å². The number of halogens is 2. The van der Waals surface area contributed by atoms with E-state index in [9.17, 15) is 9.18 Å². The molecule has 82 valence electrons. The van der Waals surface area contributed by atoms with Gasteiger partial charge in [0.05, 0.1) is 0 Å². The molecule has 1 aromatic carbocycles. The molecular formula is C11H12BrFOS. The molecule has 0 heterocycles. The molecule has 0 saturated carbocycles. The molecule has 0 N–H and O–H groups in total. The Hall–Kier alpha value is -0.350. The largest absolute Gasteiger partial charge is 0.298 e. The molecule has 0 radical (unpaired) electrons. The Morgan fingerprint density at radius 2 is 2.00 bits per heavy atom. The summed E-state index contributed by atoms with van der Waals surface area (Å²) in [5.74, 6) is -0.401. The summed E-state index contributed by atoms with van der Waals surface area (Å²) >= 11 is 4.81. The van der Waals surface area contributed by atoms with Crippen LogP contribution in [0.25, 0.3) is 0 Å². The molecule has 0 saturated heterocycles. The summed E-state index contributed by atoms with van der Waals surface area (Å²) in [6, 6.07) is 2.63. The zero-order valence-corrected chi connectivity index (χ0v) is 11.2. The van der Waals surface area contributed by atoms with Crippen molar-refractivity contribution >= 4 is 34.0 Å². The van der Waals surface area contributed by atoms with Gasteiger partial charge in [-0.05, 0) is 28.1 Å². The summed E-state index contributed by atoms with van der Waals surface area (Å²) in [5.41, 5.74) is 0.391. The number of carbonyl (C=O) groups is 1. The predicted octanol–water partition coefficient (Wildman–Crippen LogP) is 4.29. The molecule has 0 spiro atoms. The van der Waals surface area contributed by atoms with Crippen LogP contribution in [0.4, 0.5) is 4.39 Å². The number of carbonyl (C=O) groups excluding carboxylic acids is 1. The van der Waals surface area contributed by atoms with Gasteiger partial charge in [-0.3, -0.25) is 4.79 Å². The smallest absolute Gasteiger partial charge is 0.151 e. The average Bonchev–Trinajstić information content (AvgIpc) is 2.07. The molecule has 0 aliphatic carbocycles.